The van der Waals surface area contributed by atoms with Crippen LogP contribution in [0.25, 0.3) is 0 Å². The van der Waals surface area contributed by atoms with Gasteiger partial charge in [-0.2, -0.15) is 0 Å². The number of alkyl halides is 1. The van der Waals surface area contributed by atoms with Crippen molar-refractivity contribution in [2.45, 2.75) is 51.3 Å². The summed E-state index contributed by atoms with van der Waals surface area (Å²) in [6.07, 6.45) is 6.49. The maximum absolute atomic E-state index is 6.87. The standard InChI is InChI=1S/C14H19Br2ClS/c1-9(2)8-14(5-3-4-6-14)12(17)11-7-10(15)13(16)18-11/h7,9,12H,3-6,8H2,1-2H3. The van der Waals surface area contributed by atoms with Crippen LogP contribution in [0, 0.1) is 11.3 Å². The lowest BCUT2D eigenvalue weighted by Gasteiger charge is -2.35. The molecule has 0 bridgehead atoms. The molecule has 2 rings (SSSR count). The summed E-state index contributed by atoms with van der Waals surface area (Å²) in [5.74, 6) is 0.719. The van der Waals surface area contributed by atoms with E-state index in [0.717, 1.165) is 14.2 Å². The van der Waals surface area contributed by atoms with Gasteiger partial charge in [0.15, 0.2) is 0 Å². The van der Waals surface area contributed by atoms with E-state index < -0.39 is 0 Å². The molecule has 1 unspecified atom stereocenters. The molecule has 102 valence electrons. The minimum absolute atomic E-state index is 0.162. The molecule has 0 nitrogen and oxygen atoms in total. The van der Waals surface area contributed by atoms with Gasteiger partial charge in [-0.25, -0.2) is 0 Å². The van der Waals surface area contributed by atoms with E-state index >= 15 is 0 Å². The monoisotopic (exact) mass is 412 g/mol. The Morgan fingerprint density at radius 2 is 1.94 bits per heavy atom. The first-order valence-electron chi connectivity index (χ1n) is 6.53. The fourth-order valence-corrected chi connectivity index (χ4v) is 5.96. The number of rotatable bonds is 4. The van der Waals surface area contributed by atoms with Gasteiger partial charge in [-0.05, 0) is 68.5 Å². The van der Waals surface area contributed by atoms with E-state index in [1.165, 1.54) is 37.0 Å². The quantitative estimate of drug-likeness (QED) is 0.459. The van der Waals surface area contributed by atoms with Gasteiger partial charge in [0.2, 0.25) is 0 Å². The highest BCUT2D eigenvalue weighted by Crippen LogP contribution is 2.56. The van der Waals surface area contributed by atoms with E-state index in [4.69, 9.17) is 11.6 Å². The minimum Gasteiger partial charge on any atom is -0.130 e. The van der Waals surface area contributed by atoms with Gasteiger partial charge in [0, 0.05) is 9.35 Å². The molecule has 1 saturated carbocycles. The molecule has 18 heavy (non-hydrogen) atoms. The Labute approximate surface area is 136 Å². The van der Waals surface area contributed by atoms with Crippen LogP contribution in [0.4, 0.5) is 0 Å². The third-order valence-electron chi connectivity index (χ3n) is 3.87. The Balaban J connectivity index is 2.25. The van der Waals surface area contributed by atoms with Gasteiger partial charge in [-0.1, -0.05) is 26.7 Å². The summed E-state index contributed by atoms with van der Waals surface area (Å²) < 4.78 is 2.28. The third kappa shape index (κ3) is 3.16. The summed E-state index contributed by atoms with van der Waals surface area (Å²) in [4.78, 5) is 1.30. The van der Waals surface area contributed by atoms with Crippen molar-refractivity contribution in [2.75, 3.05) is 0 Å². The molecular weight excluding hydrogens is 395 g/mol. The van der Waals surface area contributed by atoms with Crippen LogP contribution in [0.5, 0.6) is 0 Å². The zero-order valence-corrected chi connectivity index (χ0v) is 15.6. The summed E-state index contributed by atoms with van der Waals surface area (Å²) >= 11 is 15.8. The van der Waals surface area contributed by atoms with Crippen LogP contribution in [-0.4, -0.2) is 0 Å². The highest BCUT2D eigenvalue weighted by molar-refractivity contribution is 9.13. The maximum Gasteiger partial charge on any atom is 0.0843 e. The number of hydrogen-bond acceptors (Lipinski definition) is 1. The van der Waals surface area contributed by atoms with Crippen LogP contribution in [0.1, 0.15) is 56.2 Å². The van der Waals surface area contributed by atoms with Crippen molar-refractivity contribution in [1.29, 1.82) is 0 Å². The first-order chi connectivity index (χ1) is 8.44. The zero-order chi connectivity index (χ0) is 13.3. The van der Waals surface area contributed by atoms with E-state index in [-0.39, 0.29) is 5.38 Å². The molecule has 0 saturated heterocycles. The Kier molecular flexibility index (Phi) is 5.24. The fourth-order valence-electron chi connectivity index (χ4n) is 3.24. The summed E-state index contributed by atoms with van der Waals surface area (Å²) in [7, 11) is 0. The van der Waals surface area contributed by atoms with Crippen molar-refractivity contribution < 1.29 is 0 Å². The van der Waals surface area contributed by atoms with E-state index in [0.29, 0.717) is 5.41 Å². The van der Waals surface area contributed by atoms with Gasteiger partial charge in [-0.3, -0.25) is 0 Å². The second-order valence-corrected chi connectivity index (χ2v) is 9.49. The average Bonchev–Trinajstić information content (AvgIpc) is 2.86. The normalized spacial score (nSPS) is 20.6. The molecule has 1 aliphatic carbocycles. The molecule has 0 aliphatic heterocycles. The molecule has 0 amide bonds. The van der Waals surface area contributed by atoms with E-state index in [2.05, 4.69) is 51.8 Å². The van der Waals surface area contributed by atoms with Crippen LogP contribution in [0.15, 0.2) is 14.3 Å². The lowest BCUT2D eigenvalue weighted by molar-refractivity contribution is 0.225. The Morgan fingerprint density at radius 1 is 1.33 bits per heavy atom. The van der Waals surface area contributed by atoms with Gasteiger partial charge >= 0.3 is 0 Å². The maximum atomic E-state index is 6.87. The molecule has 0 radical (unpaired) electrons. The fraction of sp³-hybridized carbons (Fsp3) is 0.714. The van der Waals surface area contributed by atoms with E-state index in [1.54, 1.807) is 11.3 Å². The topological polar surface area (TPSA) is 0 Å². The lowest BCUT2D eigenvalue weighted by atomic mass is 9.75. The molecule has 1 aromatic heterocycles. The van der Waals surface area contributed by atoms with Crippen molar-refractivity contribution in [2.24, 2.45) is 11.3 Å². The second-order valence-electron chi connectivity index (χ2n) is 5.80. The molecule has 1 aliphatic rings. The van der Waals surface area contributed by atoms with Gasteiger partial charge in [0.25, 0.3) is 0 Å². The van der Waals surface area contributed by atoms with Gasteiger partial charge in [0.1, 0.15) is 0 Å². The number of halogens is 3. The van der Waals surface area contributed by atoms with Crippen LogP contribution in [0.3, 0.4) is 0 Å². The highest BCUT2D eigenvalue weighted by Gasteiger charge is 2.42. The van der Waals surface area contributed by atoms with E-state index in [1.807, 2.05) is 0 Å². The Morgan fingerprint density at radius 3 is 2.39 bits per heavy atom. The van der Waals surface area contributed by atoms with Crippen LogP contribution in [-0.2, 0) is 0 Å². The third-order valence-corrected chi connectivity index (χ3v) is 8.01. The summed E-state index contributed by atoms with van der Waals surface area (Å²) in [5, 5.41) is 0.162. The Bertz CT molecular complexity index is 388. The molecule has 0 spiro atoms. The summed E-state index contributed by atoms with van der Waals surface area (Å²) in [6.45, 7) is 4.62. The van der Waals surface area contributed by atoms with Crippen molar-refractivity contribution >= 4 is 54.8 Å². The van der Waals surface area contributed by atoms with Crippen molar-refractivity contribution in [3.63, 3.8) is 0 Å². The van der Waals surface area contributed by atoms with Gasteiger partial charge in [0.05, 0.1) is 9.16 Å². The summed E-state index contributed by atoms with van der Waals surface area (Å²) in [5.41, 5.74) is 0.319. The highest BCUT2D eigenvalue weighted by atomic mass is 79.9. The molecule has 0 aromatic carbocycles. The first-order valence-corrected chi connectivity index (χ1v) is 9.37. The first kappa shape index (κ1) is 15.3. The van der Waals surface area contributed by atoms with Gasteiger partial charge in [-0.15, -0.1) is 22.9 Å². The predicted molar refractivity (Wildman–Crippen MR) is 88.7 cm³/mol. The minimum atomic E-state index is 0.162. The van der Waals surface area contributed by atoms with Crippen molar-refractivity contribution in [3.8, 4) is 0 Å². The van der Waals surface area contributed by atoms with Crippen LogP contribution in [0.2, 0.25) is 0 Å². The number of hydrogen-bond donors (Lipinski definition) is 0. The molecular formula is C14H19Br2ClS. The van der Waals surface area contributed by atoms with Crippen molar-refractivity contribution in [3.05, 3.63) is 19.2 Å². The largest absolute Gasteiger partial charge is 0.130 e. The molecule has 4 heteroatoms. The molecule has 1 aromatic rings. The molecule has 1 heterocycles. The SMILES string of the molecule is CC(C)CC1(C(Cl)c2cc(Br)c(Br)s2)CCCC1. The van der Waals surface area contributed by atoms with Crippen LogP contribution < -0.4 is 0 Å². The lowest BCUT2D eigenvalue weighted by Crippen LogP contribution is -2.24. The predicted octanol–water partition coefficient (Wildman–Crippen LogP) is 7.16. The molecule has 1 fully saturated rings. The molecule has 1 atom stereocenters. The molecule has 0 N–H and O–H groups in total. The van der Waals surface area contributed by atoms with E-state index in [9.17, 15) is 0 Å². The van der Waals surface area contributed by atoms with Gasteiger partial charge < -0.3 is 0 Å². The average molecular weight is 415 g/mol. The number of thiophene rings is 1. The summed E-state index contributed by atoms with van der Waals surface area (Å²) in [6, 6.07) is 2.19. The zero-order valence-electron chi connectivity index (χ0n) is 10.8. The smallest absolute Gasteiger partial charge is 0.0843 e. The van der Waals surface area contributed by atoms with Crippen molar-refractivity contribution in [1.82, 2.24) is 0 Å². The second kappa shape index (κ2) is 6.15. The Hall–Kier alpha value is 0.950. The van der Waals surface area contributed by atoms with Crippen LogP contribution >= 0.6 is 54.8 Å².